The van der Waals surface area contributed by atoms with Gasteiger partial charge in [-0.1, -0.05) is 6.07 Å². The van der Waals surface area contributed by atoms with Gasteiger partial charge in [-0.3, -0.25) is 4.72 Å². The number of halogens is 1. The Morgan fingerprint density at radius 2 is 1.83 bits per heavy atom. The minimum Gasteiger partial charge on any atom is -0.478 e. The number of hydrogen-bond donors (Lipinski definition) is 2. The van der Waals surface area contributed by atoms with Crippen LogP contribution in [0.25, 0.3) is 0 Å². The van der Waals surface area contributed by atoms with Gasteiger partial charge in [-0.2, -0.15) is 0 Å². The van der Waals surface area contributed by atoms with Crippen molar-refractivity contribution in [2.24, 2.45) is 0 Å². The standard InChI is InChI=1S/C16H17FN2O4S/c1-10-4-6-12(17)9-15(10)24(22,23)18-13-8-11(16(20)21)5-7-14(13)19(2)3/h4-9,18H,1-3H3,(H,20,21). The van der Waals surface area contributed by atoms with Crippen molar-refractivity contribution in [3.63, 3.8) is 0 Å². The molecule has 0 saturated carbocycles. The van der Waals surface area contributed by atoms with Crippen LogP contribution in [0, 0.1) is 12.7 Å². The van der Waals surface area contributed by atoms with Gasteiger partial charge >= 0.3 is 5.97 Å². The normalized spacial score (nSPS) is 11.2. The molecule has 0 fully saturated rings. The summed E-state index contributed by atoms with van der Waals surface area (Å²) in [7, 11) is -0.684. The van der Waals surface area contributed by atoms with Crippen molar-refractivity contribution in [2.75, 3.05) is 23.7 Å². The smallest absolute Gasteiger partial charge is 0.335 e. The number of nitrogens with zero attached hydrogens (tertiary/aromatic N) is 1. The summed E-state index contributed by atoms with van der Waals surface area (Å²) >= 11 is 0. The highest BCUT2D eigenvalue weighted by atomic mass is 32.2. The molecule has 2 aromatic rings. The molecule has 2 rings (SSSR count). The van der Waals surface area contributed by atoms with E-state index in [4.69, 9.17) is 5.11 Å². The predicted molar refractivity (Wildman–Crippen MR) is 89.7 cm³/mol. The number of nitrogens with one attached hydrogen (secondary N) is 1. The lowest BCUT2D eigenvalue weighted by Gasteiger charge is -2.19. The highest BCUT2D eigenvalue weighted by Crippen LogP contribution is 2.29. The van der Waals surface area contributed by atoms with Crippen molar-refractivity contribution >= 4 is 27.4 Å². The van der Waals surface area contributed by atoms with Crippen LogP contribution in [0.15, 0.2) is 41.3 Å². The van der Waals surface area contributed by atoms with E-state index in [0.29, 0.717) is 11.3 Å². The maximum absolute atomic E-state index is 13.4. The molecule has 24 heavy (non-hydrogen) atoms. The molecule has 0 aromatic heterocycles. The first-order valence-electron chi connectivity index (χ1n) is 6.95. The zero-order valence-electron chi connectivity index (χ0n) is 13.4. The van der Waals surface area contributed by atoms with Crippen molar-refractivity contribution < 1.29 is 22.7 Å². The lowest BCUT2D eigenvalue weighted by atomic mass is 10.1. The van der Waals surface area contributed by atoms with Crippen LogP contribution in [0.5, 0.6) is 0 Å². The van der Waals surface area contributed by atoms with E-state index in [0.717, 1.165) is 6.07 Å². The van der Waals surface area contributed by atoms with Gasteiger partial charge in [0.2, 0.25) is 0 Å². The minimum atomic E-state index is -4.07. The summed E-state index contributed by atoms with van der Waals surface area (Å²) in [5, 5.41) is 9.09. The molecule has 8 heteroatoms. The number of benzene rings is 2. The molecule has 0 spiro atoms. The monoisotopic (exact) mass is 352 g/mol. The van der Waals surface area contributed by atoms with E-state index in [2.05, 4.69) is 4.72 Å². The van der Waals surface area contributed by atoms with Crippen LogP contribution in [0.3, 0.4) is 0 Å². The number of carboxylic acid groups (broad SMARTS) is 1. The summed E-state index contributed by atoms with van der Waals surface area (Å²) in [6.45, 7) is 1.55. The lowest BCUT2D eigenvalue weighted by Crippen LogP contribution is -2.18. The van der Waals surface area contributed by atoms with Gasteiger partial charge in [0, 0.05) is 14.1 Å². The number of anilines is 2. The molecule has 0 radical (unpaired) electrons. The fourth-order valence-electron chi connectivity index (χ4n) is 2.20. The zero-order chi connectivity index (χ0) is 18.1. The number of aromatic carboxylic acids is 1. The lowest BCUT2D eigenvalue weighted by molar-refractivity contribution is 0.0697. The summed E-state index contributed by atoms with van der Waals surface area (Å²) in [6.07, 6.45) is 0. The third kappa shape index (κ3) is 3.65. The Labute approximate surface area is 139 Å². The van der Waals surface area contributed by atoms with Crippen molar-refractivity contribution in [3.05, 3.63) is 53.3 Å². The molecule has 128 valence electrons. The van der Waals surface area contributed by atoms with Crippen LogP contribution in [0.4, 0.5) is 15.8 Å². The topological polar surface area (TPSA) is 86.7 Å². The van der Waals surface area contributed by atoms with Gasteiger partial charge in [0.15, 0.2) is 0 Å². The highest BCUT2D eigenvalue weighted by molar-refractivity contribution is 7.92. The molecule has 0 heterocycles. The Balaban J connectivity index is 2.54. The molecule has 0 aliphatic rings. The molecule has 0 saturated heterocycles. The average molecular weight is 352 g/mol. The van der Waals surface area contributed by atoms with Gasteiger partial charge in [0.25, 0.3) is 10.0 Å². The Bertz CT molecular complexity index is 895. The van der Waals surface area contributed by atoms with Gasteiger partial charge in [-0.05, 0) is 42.8 Å². The summed E-state index contributed by atoms with van der Waals surface area (Å²) in [4.78, 5) is 12.6. The largest absolute Gasteiger partial charge is 0.478 e. The SMILES string of the molecule is Cc1ccc(F)cc1S(=O)(=O)Nc1cc(C(=O)O)ccc1N(C)C. The molecule has 2 N–H and O–H groups in total. The summed E-state index contributed by atoms with van der Waals surface area (Å²) < 4.78 is 40.9. The highest BCUT2D eigenvalue weighted by Gasteiger charge is 2.20. The maximum atomic E-state index is 13.4. The van der Waals surface area contributed by atoms with Crippen molar-refractivity contribution in [1.82, 2.24) is 0 Å². The van der Waals surface area contributed by atoms with Crippen LogP contribution in [-0.2, 0) is 10.0 Å². The average Bonchev–Trinajstić information content (AvgIpc) is 2.48. The molecule has 0 unspecified atom stereocenters. The molecule has 2 aromatic carbocycles. The third-order valence-electron chi connectivity index (χ3n) is 3.41. The summed E-state index contributed by atoms with van der Waals surface area (Å²) in [6, 6.07) is 7.57. The van der Waals surface area contributed by atoms with Gasteiger partial charge in [-0.15, -0.1) is 0 Å². The second kappa shape index (κ2) is 6.48. The van der Waals surface area contributed by atoms with Gasteiger partial charge in [0.1, 0.15) is 5.82 Å². The molecular formula is C16H17FN2O4S. The van der Waals surface area contributed by atoms with E-state index >= 15 is 0 Å². The second-order valence-electron chi connectivity index (χ2n) is 5.45. The molecular weight excluding hydrogens is 335 g/mol. The number of hydrogen-bond acceptors (Lipinski definition) is 4. The Morgan fingerprint density at radius 3 is 2.42 bits per heavy atom. The molecule has 6 nitrogen and oxygen atoms in total. The van der Waals surface area contributed by atoms with Crippen LogP contribution in [0.1, 0.15) is 15.9 Å². The van der Waals surface area contributed by atoms with E-state index < -0.39 is 21.8 Å². The summed E-state index contributed by atoms with van der Waals surface area (Å²) in [5.74, 6) is -1.85. The van der Waals surface area contributed by atoms with Crippen molar-refractivity contribution in [2.45, 2.75) is 11.8 Å². The molecule has 0 amide bonds. The molecule has 0 bridgehead atoms. The molecule has 0 atom stereocenters. The Hall–Kier alpha value is -2.61. The first-order chi connectivity index (χ1) is 11.1. The van der Waals surface area contributed by atoms with E-state index in [1.54, 1.807) is 25.9 Å². The fraction of sp³-hybridized carbons (Fsp3) is 0.188. The van der Waals surface area contributed by atoms with Crippen LogP contribution >= 0.6 is 0 Å². The second-order valence-corrected chi connectivity index (χ2v) is 7.10. The van der Waals surface area contributed by atoms with Crippen LogP contribution in [0.2, 0.25) is 0 Å². The number of carbonyl (C=O) groups is 1. The number of rotatable bonds is 5. The Morgan fingerprint density at radius 1 is 1.17 bits per heavy atom. The van der Waals surface area contributed by atoms with E-state index in [-0.39, 0.29) is 16.1 Å². The third-order valence-corrected chi connectivity index (χ3v) is 4.92. The van der Waals surface area contributed by atoms with Gasteiger partial charge < -0.3 is 10.0 Å². The molecule has 0 aliphatic heterocycles. The predicted octanol–water partition coefficient (Wildman–Crippen LogP) is 2.70. The van der Waals surface area contributed by atoms with E-state index in [9.17, 15) is 17.6 Å². The summed E-state index contributed by atoms with van der Waals surface area (Å²) in [5.41, 5.74) is 0.903. The van der Waals surface area contributed by atoms with Crippen LogP contribution in [-0.4, -0.2) is 33.6 Å². The quantitative estimate of drug-likeness (QED) is 0.864. The fourth-order valence-corrected chi connectivity index (χ4v) is 3.53. The van der Waals surface area contributed by atoms with Crippen molar-refractivity contribution in [3.8, 4) is 0 Å². The van der Waals surface area contributed by atoms with Gasteiger partial charge in [0.05, 0.1) is 21.8 Å². The number of aryl methyl sites for hydroxylation is 1. The molecule has 0 aliphatic carbocycles. The zero-order valence-corrected chi connectivity index (χ0v) is 14.2. The number of sulfonamides is 1. The first-order valence-corrected chi connectivity index (χ1v) is 8.44. The minimum absolute atomic E-state index is 0.0609. The Kier molecular flexibility index (Phi) is 4.79. The van der Waals surface area contributed by atoms with Crippen molar-refractivity contribution in [1.29, 1.82) is 0 Å². The number of carboxylic acids is 1. The maximum Gasteiger partial charge on any atom is 0.335 e. The van der Waals surface area contributed by atoms with Crippen LogP contribution < -0.4 is 9.62 Å². The van der Waals surface area contributed by atoms with Gasteiger partial charge in [-0.25, -0.2) is 17.6 Å². The first kappa shape index (κ1) is 17.7. The van der Waals surface area contributed by atoms with E-state index in [1.807, 2.05) is 0 Å². The van der Waals surface area contributed by atoms with E-state index in [1.165, 1.54) is 30.3 Å².